The molecule has 0 amide bonds. The number of anilines is 3. The van der Waals surface area contributed by atoms with E-state index in [2.05, 4.69) is 5.32 Å². The summed E-state index contributed by atoms with van der Waals surface area (Å²) in [4.78, 5) is 0. The summed E-state index contributed by atoms with van der Waals surface area (Å²) < 4.78 is 44.7. The van der Waals surface area contributed by atoms with E-state index in [1.165, 1.54) is 19.2 Å². The van der Waals surface area contributed by atoms with E-state index in [4.69, 9.17) is 10.5 Å². The minimum absolute atomic E-state index is 0.334. The predicted octanol–water partition coefficient (Wildman–Crippen LogP) is 3.44. The second-order valence-electron chi connectivity index (χ2n) is 3.86. The lowest BCUT2D eigenvalue weighted by atomic mass is 10.2. The smallest absolute Gasteiger partial charge is 0.152 e. The van der Waals surface area contributed by atoms with Crippen LogP contribution in [0.1, 0.15) is 0 Å². The molecular formula is C13H11F3N2O. The Labute approximate surface area is 107 Å². The van der Waals surface area contributed by atoms with E-state index in [1.807, 2.05) is 0 Å². The quantitative estimate of drug-likeness (QED) is 0.838. The Balaban J connectivity index is 2.39. The monoisotopic (exact) mass is 268 g/mol. The van der Waals surface area contributed by atoms with Crippen molar-refractivity contribution in [2.45, 2.75) is 0 Å². The van der Waals surface area contributed by atoms with Crippen LogP contribution in [0.3, 0.4) is 0 Å². The first kappa shape index (κ1) is 13.1. The fourth-order valence-electron chi connectivity index (χ4n) is 1.62. The standard InChI is InChI=1S/C13H11F3N2O/c1-19-10-5-8(17)4-9(6-10)18-13-11(15)2-7(14)3-12(13)16/h2-6,18H,17H2,1H3. The zero-order chi connectivity index (χ0) is 14.0. The maximum Gasteiger partial charge on any atom is 0.152 e. The van der Waals surface area contributed by atoms with E-state index < -0.39 is 23.1 Å². The minimum atomic E-state index is -1.03. The van der Waals surface area contributed by atoms with Crippen LogP contribution in [0, 0.1) is 17.5 Å². The van der Waals surface area contributed by atoms with Crippen molar-refractivity contribution >= 4 is 17.1 Å². The lowest BCUT2D eigenvalue weighted by Crippen LogP contribution is -2.00. The predicted molar refractivity (Wildman–Crippen MR) is 67.0 cm³/mol. The van der Waals surface area contributed by atoms with Crippen molar-refractivity contribution in [1.29, 1.82) is 0 Å². The number of nitrogen functional groups attached to an aromatic ring is 1. The number of halogens is 3. The van der Waals surface area contributed by atoms with Crippen molar-refractivity contribution in [3.05, 3.63) is 47.8 Å². The van der Waals surface area contributed by atoms with Gasteiger partial charge in [-0.3, -0.25) is 0 Å². The third kappa shape index (κ3) is 2.90. The number of nitrogens with two attached hydrogens (primary N) is 1. The molecule has 100 valence electrons. The second-order valence-corrected chi connectivity index (χ2v) is 3.86. The van der Waals surface area contributed by atoms with Gasteiger partial charge in [-0.05, 0) is 6.07 Å². The minimum Gasteiger partial charge on any atom is -0.497 e. The van der Waals surface area contributed by atoms with E-state index in [0.717, 1.165) is 0 Å². The molecule has 3 nitrogen and oxygen atoms in total. The summed E-state index contributed by atoms with van der Waals surface area (Å²) in [6, 6.07) is 5.73. The molecule has 0 aromatic heterocycles. The van der Waals surface area contributed by atoms with Gasteiger partial charge in [-0.15, -0.1) is 0 Å². The molecule has 0 saturated heterocycles. The van der Waals surface area contributed by atoms with Crippen molar-refractivity contribution < 1.29 is 17.9 Å². The average Bonchev–Trinajstić information content (AvgIpc) is 2.33. The molecule has 0 spiro atoms. The molecule has 6 heteroatoms. The van der Waals surface area contributed by atoms with Crippen LogP contribution in [0.4, 0.5) is 30.2 Å². The number of hydrogen-bond acceptors (Lipinski definition) is 3. The van der Waals surface area contributed by atoms with Gasteiger partial charge in [-0.25, -0.2) is 13.2 Å². The van der Waals surface area contributed by atoms with Gasteiger partial charge in [0.05, 0.1) is 7.11 Å². The number of rotatable bonds is 3. The maximum atomic E-state index is 13.5. The maximum absolute atomic E-state index is 13.5. The Morgan fingerprint density at radius 2 is 1.63 bits per heavy atom. The van der Waals surface area contributed by atoms with Gasteiger partial charge >= 0.3 is 0 Å². The Hall–Kier alpha value is -2.37. The highest BCUT2D eigenvalue weighted by atomic mass is 19.1. The van der Waals surface area contributed by atoms with Crippen LogP contribution < -0.4 is 15.8 Å². The van der Waals surface area contributed by atoms with E-state index in [1.54, 1.807) is 6.07 Å². The van der Waals surface area contributed by atoms with Crippen LogP contribution in [0.5, 0.6) is 5.75 Å². The normalized spacial score (nSPS) is 10.3. The van der Waals surface area contributed by atoms with Gasteiger partial charge in [0.25, 0.3) is 0 Å². The number of benzene rings is 2. The zero-order valence-electron chi connectivity index (χ0n) is 10.0. The van der Waals surface area contributed by atoms with Crippen molar-refractivity contribution in [3.63, 3.8) is 0 Å². The van der Waals surface area contributed by atoms with Gasteiger partial charge in [-0.1, -0.05) is 0 Å². The molecule has 0 unspecified atom stereocenters. The number of hydrogen-bond donors (Lipinski definition) is 2. The highest BCUT2D eigenvalue weighted by Gasteiger charge is 2.12. The van der Waals surface area contributed by atoms with Gasteiger partial charge in [0.2, 0.25) is 0 Å². The van der Waals surface area contributed by atoms with E-state index in [9.17, 15) is 13.2 Å². The first-order chi connectivity index (χ1) is 8.99. The van der Waals surface area contributed by atoms with Gasteiger partial charge < -0.3 is 15.8 Å². The van der Waals surface area contributed by atoms with Gasteiger partial charge in [0.15, 0.2) is 11.6 Å². The van der Waals surface area contributed by atoms with Crippen molar-refractivity contribution in [2.75, 3.05) is 18.2 Å². The molecular weight excluding hydrogens is 257 g/mol. The summed E-state index contributed by atoms with van der Waals surface area (Å²) in [6.07, 6.45) is 0. The molecule has 2 rings (SSSR count). The van der Waals surface area contributed by atoms with Crippen LogP contribution in [0.25, 0.3) is 0 Å². The largest absolute Gasteiger partial charge is 0.497 e. The number of methoxy groups -OCH3 is 1. The molecule has 19 heavy (non-hydrogen) atoms. The summed E-state index contributed by atoms with van der Waals surface area (Å²) in [7, 11) is 1.44. The Bertz CT molecular complexity index is 594. The number of nitrogens with one attached hydrogen (secondary N) is 1. The molecule has 2 aromatic carbocycles. The Morgan fingerprint density at radius 3 is 2.21 bits per heavy atom. The molecule has 0 aliphatic rings. The molecule has 0 atom stereocenters. The Kier molecular flexibility index (Phi) is 3.50. The molecule has 0 saturated carbocycles. The van der Waals surface area contributed by atoms with Gasteiger partial charge in [0.1, 0.15) is 17.3 Å². The SMILES string of the molecule is COc1cc(N)cc(Nc2c(F)cc(F)cc2F)c1. The van der Waals surface area contributed by atoms with Crippen molar-refractivity contribution in [2.24, 2.45) is 0 Å². The highest BCUT2D eigenvalue weighted by molar-refractivity contribution is 5.66. The molecule has 0 aliphatic carbocycles. The lowest BCUT2D eigenvalue weighted by Gasteiger charge is -2.11. The second kappa shape index (κ2) is 5.09. The Morgan fingerprint density at radius 1 is 1.00 bits per heavy atom. The summed E-state index contributed by atoms with van der Waals surface area (Å²) in [5, 5.41) is 2.51. The summed E-state index contributed by atoms with van der Waals surface area (Å²) in [6.45, 7) is 0. The molecule has 3 N–H and O–H groups in total. The first-order valence-corrected chi connectivity index (χ1v) is 5.35. The van der Waals surface area contributed by atoms with Crippen LogP contribution >= 0.6 is 0 Å². The third-order valence-corrected chi connectivity index (χ3v) is 2.44. The summed E-state index contributed by atoms with van der Waals surface area (Å²) in [5.74, 6) is -2.60. The van der Waals surface area contributed by atoms with Crippen LogP contribution in [-0.2, 0) is 0 Å². The topological polar surface area (TPSA) is 47.3 Å². The van der Waals surface area contributed by atoms with E-state index >= 15 is 0 Å². The fraction of sp³-hybridized carbons (Fsp3) is 0.0769. The van der Waals surface area contributed by atoms with Crippen LogP contribution in [0.15, 0.2) is 30.3 Å². The number of ether oxygens (including phenoxy) is 1. The van der Waals surface area contributed by atoms with E-state index in [0.29, 0.717) is 29.3 Å². The van der Waals surface area contributed by atoms with Gasteiger partial charge in [0, 0.05) is 35.6 Å². The zero-order valence-corrected chi connectivity index (χ0v) is 10.0. The molecule has 2 aromatic rings. The van der Waals surface area contributed by atoms with Crippen LogP contribution in [0.2, 0.25) is 0 Å². The van der Waals surface area contributed by atoms with Gasteiger partial charge in [-0.2, -0.15) is 0 Å². The molecule has 0 heterocycles. The lowest BCUT2D eigenvalue weighted by molar-refractivity contribution is 0.415. The molecule has 0 fully saturated rings. The summed E-state index contributed by atoms with van der Waals surface area (Å²) >= 11 is 0. The molecule has 0 bridgehead atoms. The highest BCUT2D eigenvalue weighted by Crippen LogP contribution is 2.28. The fourth-order valence-corrected chi connectivity index (χ4v) is 1.62. The van der Waals surface area contributed by atoms with Crippen molar-refractivity contribution in [3.8, 4) is 5.75 Å². The third-order valence-electron chi connectivity index (χ3n) is 2.44. The van der Waals surface area contributed by atoms with E-state index in [-0.39, 0.29) is 0 Å². The molecule has 0 aliphatic heterocycles. The summed E-state index contributed by atoms with van der Waals surface area (Å²) in [5.41, 5.74) is 5.87. The van der Waals surface area contributed by atoms with Crippen LogP contribution in [-0.4, -0.2) is 7.11 Å². The van der Waals surface area contributed by atoms with Crippen molar-refractivity contribution in [1.82, 2.24) is 0 Å². The average molecular weight is 268 g/mol. The first-order valence-electron chi connectivity index (χ1n) is 5.35. The molecule has 0 radical (unpaired) electrons.